The number of aromatic carboxylic acids is 1. The molecule has 0 bridgehead atoms. The van der Waals surface area contributed by atoms with Crippen molar-refractivity contribution in [2.75, 3.05) is 19.1 Å². The summed E-state index contributed by atoms with van der Waals surface area (Å²) in [6.45, 7) is 1.64. The third-order valence-electron chi connectivity index (χ3n) is 4.61. The highest BCUT2D eigenvalue weighted by molar-refractivity contribution is 6.24. The number of esters is 1. The summed E-state index contributed by atoms with van der Waals surface area (Å²) in [7, 11) is 2.77. The molecule has 2 aromatic rings. The maximum Gasteiger partial charge on any atom is 0.340 e. The van der Waals surface area contributed by atoms with Crippen LogP contribution in [0.2, 0.25) is 0 Å². The number of benzene rings is 2. The van der Waals surface area contributed by atoms with Gasteiger partial charge in [0, 0.05) is 11.4 Å². The molecule has 29 heavy (non-hydrogen) atoms. The molecule has 1 aliphatic rings. The third kappa shape index (κ3) is 3.62. The van der Waals surface area contributed by atoms with Gasteiger partial charge >= 0.3 is 11.9 Å². The van der Waals surface area contributed by atoms with Crippen LogP contribution in [-0.2, 0) is 14.3 Å². The first-order chi connectivity index (χ1) is 13.9. The molecular weight excluding hydrogens is 374 g/mol. The normalized spacial score (nSPS) is 15.1. The van der Waals surface area contributed by atoms with Crippen molar-refractivity contribution < 1.29 is 29.0 Å². The number of carbonyl (C=O) groups excluding carboxylic acids is 2. The van der Waals surface area contributed by atoms with E-state index in [2.05, 4.69) is 0 Å². The molecule has 1 heterocycles. The topological polar surface area (TPSA) is 93.1 Å². The van der Waals surface area contributed by atoms with Crippen molar-refractivity contribution in [2.45, 2.75) is 6.92 Å². The van der Waals surface area contributed by atoms with Crippen LogP contribution in [0.4, 0.5) is 5.69 Å². The molecule has 0 spiro atoms. The van der Waals surface area contributed by atoms with Crippen molar-refractivity contribution in [3.8, 4) is 5.75 Å². The lowest BCUT2D eigenvalue weighted by atomic mass is 10.0. The zero-order valence-corrected chi connectivity index (χ0v) is 16.1. The zero-order chi connectivity index (χ0) is 21.1. The lowest BCUT2D eigenvalue weighted by Gasteiger charge is -2.18. The minimum atomic E-state index is -1.13. The maximum absolute atomic E-state index is 13.2. The second-order valence-corrected chi connectivity index (χ2v) is 6.24. The molecule has 1 N–H and O–H groups in total. The largest absolute Gasteiger partial charge is 0.497 e. The third-order valence-corrected chi connectivity index (χ3v) is 4.61. The molecule has 2 aromatic carbocycles. The summed E-state index contributed by atoms with van der Waals surface area (Å²) in [6.07, 6.45) is 1.41. The van der Waals surface area contributed by atoms with Crippen molar-refractivity contribution in [2.24, 2.45) is 0 Å². The molecule has 0 aromatic heterocycles. The highest BCUT2D eigenvalue weighted by atomic mass is 16.5. The molecule has 3 rings (SSSR count). The molecule has 0 saturated heterocycles. The van der Waals surface area contributed by atoms with Crippen LogP contribution >= 0.6 is 0 Å². The van der Waals surface area contributed by atoms with Crippen LogP contribution in [0.5, 0.6) is 5.75 Å². The Morgan fingerprint density at radius 3 is 2.28 bits per heavy atom. The van der Waals surface area contributed by atoms with Gasteiger partial charge in [-0.1, -0.05) is 18.2 Å². The number of rotatable bonds is 5. The number of methoxy groups -OCH3 is 2. The number of hydrogen-bond acceptors (Lipinski definition) is 5. The number of hydrogen-bond donors (Lipinski definition) is 1. The molecule has 0 unspecified atom stereocenters. The number of ether oxygens (including phenoxy) is 2. The van der Waals surface area contributed by atoms with E-state index in [1.807, 2.05) is 0 Å². The van der Waals surface area contributed by atoms with Crippen molar-refractivity contribution in [1.29, 1.82) is 0 Å². The molecule has 0 aliphatic carbocycles. The molecule has 0 saturated carbocycles. The summed E-state index contributed by atoms with van der Waals surface area (Å²) in [5, 5.41) is 9.42. The molecule has 0 radical (unpaired) electrons. The van der Waals surface area contributed by atoms with Gasteiger partial charge in [0.25, 0.3) is 5.91 Å². The van der Waals surface area contributed by atoms with Gasteiger partial charge in [0.05, 0.1) is 30.9 Å². The molecule has 1 aliphatic heterocycles. The van der Waals surface area contributed by atoms with Crippen LogP contribution in [-0.4, -0.2) is 37.2 Å². The van der Waals surface area contributed by atoms with Crippen LogP contribution in [0.3, 0.4) is 0 Å². The standard InChI is InChI=1S/C22H19NO6/c1-13-19(22(27)29-3)18(12-14-6-4-5-7-17(14)21(25)26)20(24)23(13)15-8-10-16(28-2)11-9-15/h4-12H,1-3H3,(H,25,26)/b18-12-. The first kappa shape index (κ1) is 19.9. The van der Waals surface area contributed by atoms with Gasteiger partial charge in [-0.05, 0) is 48.9 Å². The van der Waals surface area contributed by atoms with Crippen molar-refractivity contribution in [3.05, 3.63) is 76.5 Å². The van der Waals surface area contributed by atoms with Crippen LogP contribution in [0.1, 0.15) is 22.8 Å². The van der Waals surface area contributed by atoms with E-state index >= 15 is 0 Å². The van der Waals surface area contributed by atoms with E-state index < -0.39 is 17.8 Å². The predicted octanol–water partition coefficient (Wildman–Crippen LogP) is 3.27. The fourth-order valence-electron chi connectivity index (χ4n) is 3.20. The van der Waals surface area contributed by atoms with Crippen LogP contribution in [0.25, 0.3) is 6.08 Å². The number of carboxylic acid groups (broad SMARTS) is 1. The second kappa shape index (κ2) is 8.02. The Balaban J connectivity index is 2.16. The first-order valence-electron chi connectivity index (χ1n) is 8.71. The van der Waals surface area contributed by atoms with Gasteiger partial charge in [0.15, 0.2) is 0 Å². The number of anilines is 1. The zero-order valence-electron chi connectivity index (χ0n) is 16.1. The molecule has 0 fully saturated rings. The lowest BCUT2D eigenvalue weighted by molar-refractivity contribution is -0.136. The fourth-order valence-corrected chi connectivity index (χ4v) is 3.20. The molecule has 1 amide bonds. The predicted molar refractivity (Wildman–Crippen MR) is 107 cm³/mol. The number of allylic oxidation sites excluding steroid dienone is 1. The van der Waals surface area contributed by atoms with Gasteiger partial charge in [-0.25, -0.2) is 9.59 Å². The SMILES string of the molecule is COC(=O)C1=C(C)N(c2ccc(OC)cc2)C(=O)/C1=C\c1ccccc1C(=O)O. The smallest absolute Gasteiger partial charge is 0.340 e. The highest BCUT2D eigenvalue weighted by Crippen LogP contribution is 2.36. The quantitative estimate of drug-likeness (QED) is 0.619. The average molecular weight is 393 g/mol. The molecular formula is C22H19NO6. The van der Waals surface area contributed by atoms with Crippen molar-refractivity contribution in [3.63, 3.8) is 0 Å². The molecule has 7 heteroatoms. The second-order valence-electron chi connectivity index (χ2n) is 6.24. The lowest BCUT2D eigenvalue weighted by Crippen LogP contribution is -2.24. The summed E-state index contributed by atoms with van der Waals surface area (Å²) in [5.74, 6) is -1.63. The Kier molecular flexibility index (Phi) is 5.50. The molecule has 148 valence electrons. The van der Waals surface area contributed by atoms with Gasteiger partial charge in [-0.15, -0.1) is 0 Å². The Hall–Kier alpha value is -3.87. The Labute approximate surface area is 167 Å². The van der Waals surface area contributed by atoms with Crippen molar-refractivity contribution in [1.82, 2.24) is 0 Å². The summed E-state index contributed by atoms with van der Waals surface area (Å²) in [4.78, 5) is 38.6. The van der Waals surface area contributed by atoms with Crippen molar-refractivity contribution >= 4 is 29.6 Å². The van der Waals surface area contributed by atoms with Crippen LogP contribution < -0.4 is 9.64 Å². The molecule has 7 nitrogen and oxygen atoms in total. The Bertz CT molecular complexity index is 1050. The van der Waals surface area contributed by atoms with E-state index in [1.54, 1.807) is 49.4 Å². The monoisotopic (exact) mass is 393 g/mol. The number of carboxylic acids is 1. The summed E-state index contributed by atoms with van der Waals surface area (Å²) in [5.41, 5.74) is 1.44. The number of nitrogens with zero attached hydrogens (tertiary/aromatic N) is 1. The Morgan fingerprint density at radius 1 is 1.03 bits per heavy atom. The fraction of sp³-hybridized carbons (Fsp3) is 0.136. The summed E-state index contributed by atoms with van der Waals surface area (Å²) in [6, 6.07) is 13.1. The van der Waals surface area contributed by atoms with E-state index in [4.69, 9.17) is 9.47 Å². The van der Waals surface area contributed by atoms with Gasteiger partial charge in [-0.2, -0.15) is 0 Å². The first-order valence-corrected chi connectivity index (χ1v) is 8.71. The van der Waals surface area contributed by atoms with Gasteiger partial charge < -0.3 is 14.6 Å². The average Bonchev–Trinajstić information content (AvgIpc) is 2.97. The van der Waals surface area contributed by atoms with E-state index in [0.717, 1.165) is 0 Å². The van der Waals surface area contributed by atoms with E-state index in [1.165, 1.54) is 31.3 Å². The van der Waals surface area contributed by atoms with Gasteiger partial charge in [-0.3, -0.25) is 9.69 Å². The van der Waals surface area contributed by atoms with Crippen LogP contribution in [0, 0.1) is 0 Å². The minimum Gasteiger partial charge on any atom is -0.497 e. The van der Waals surface area contributed by atoms with E-state index in [-0.39, 0.29) is 16.7 Å². The summed E-state index contributed by atoms with van der Waals surface area (Å²) >= 11 is 0. The highest BCUT2D eigenvalue weighted by Gasteiger charge is 2.38. The Morgan fingerprint density at radius 2 is 1.69 bits per heavy atom. The van der Waals surface area contributed by atoms with E-state index in [0.29, 0.717) is 22.7 Å². The van der Waals surface area contributed by atoms with Gasteiger partial charge in [0.2, 0.25) is 0 Å². The van der Waals surface area contributed by atoms with Gasteiger partial charge in [0.1, 0.15) is 5.75 Å². The maximum atomic E-state index is 13.2. The molecule has 0 atom stereocenters. The number of carbonyl (C=O) groups is 3. The van der Waals surface area contributed by atoms with Crippen LogP contribution in [0.15, 0.2) is 65.4 Å². The minimum absolute atomic E-state index is 0.0255. The summed E-state index contributed by atoms with van der Waals surface area (Å²) < 4.78 is 10.0. The van der Waals surface area contributed by atoms with E-state index in [9.17, 15) is 19.5 Å². The number of amides is 1.